The van der Waals surface area contributed by atoms with Gasteiger partial charge in [-0.05, 0) is 123 Å². The van der Waals surface area contributed by atoms with E-state index in [0.717, 1.165) is 73.2 Å². The molecule has 4 aliphatic heterocycles. The van der Waals surface area contributed by atoms with Crippen molar-refractivity contribution in [1.82, 2.24) is 0 Å². The predicted octanol–water partition coefficient (Wildman–Crippen LogP) is 15.8. The van der Waals surface area contributed by atoms with Gasteiger partial charge in [-0.2, -0.15) is 4.58 Å². The molecule has 63 heavy (non-hydrogen) atoms. The first-order valence-electron chi connectivity index (χ1n) is 23.2. The molecule has 0 N–H and O–H groups in total. The van der Waals surface area contributed by atoms with Gasteiger partial charge in [0.1, 0.15) is 12.3 Å². The minimum absolute atomic E-state index is 0.0244. The molecule has 0 saturated heterocycles. The molecular weight excluding hydrogens is 835 g/mol. The van der Waals surface area contributed by atoms with Gasteiger partial charge < -0.3 is 9.64 Å². The van der Waals surface area contributed by atoms with Crippen LogP contribution in [-0.4, -0.2) is 40.1 Å². The molecule has 4 heterocycles. The number of halogens is 1. The van der Waals surface area contributed by atoms with Crippen molar-refractivity contribution in [2.45, 2.75) is 123 Å². The van der Waals surface area contributed by atoms with Crippen LogP contribution in [0.3, 0.4) is 0 Å². The largest absolute Gasteiger partial charge is 0.463 e. The van der Waals surface area contributed by atoms with E-state index < -0.39 is 5.72 Å². The summed E-state index contributed by atoms with van der Waals surface area (Å²) in [4.78, 5) is 6.88. The van der Waals surface area contributed by atoms with Gasteiger partial charge in [-0.3, -0.25) is 0 Å². The van der Waals surface area contributed by atoms with Crippen LogP contribution in [0, 0.1) is 11.8 Å². The lowest BCUT2D eigenvalue weighted by Crippen LogP contribution is -2.59. The lowest BCUT2D eigenvalue weighted by atomic mass is 9.76. The number of nitrogens with zero attached hydrogens (tertiary/aromatic N) is 3. The second kappa shape index (κ2) is 22.2. The van der Waals surface area contributed by atoms with Crippen LogP contribution >= 0.6 is 15.9 Å². The second-order valence-electron chi connectivity index (χ2n) is 18.6. The first-order chi connectivity index (χ1) is 30.2. The molecule has 332 valence electrons. The zero-order valence-corrected chi connectivity index (χ0v) is 41.2. The number of hydrogen-bond acceptors (Lipinski definition) is 3. The van der Waals surface area contributed by atoms with Gasteiger partial charge in [0, 0.05) is 54.5 Å². The number of anilines is 1. The summed E-state index contributed by atoms with van der Waals surface area (Å²) < 4.78 is 9.27. The van der Waals surface area contributed by atoms with Crippen molar-refractivity contribution in [3.8, 4) is 5.75 Å². The molecule has 0 saturated carbocycles. The zero-order valence-electron chi connectivity index (χ0n) is 39.6. The van der Waals surface area contributed by atoms with Gasteiger partial charge in [0.2, 0.25) is 11.4 Å². The van der Waals surface area contributed by atoms with Gasteiger partial charge in [0.25, 0.3) is 0 Å². The number of hydrogen-bond donors (Lipinski definition) is 0. The van der Waals surface area contributed by atoms with Crippen LogP contribution in [0.15, 0.2) is 158 Å². The topological polar surface area (TPSA) is 27.8 Å². The van der Waals surface area contributed by atoms with E-state index in [4.69, 9.17) is 4.74 Å². The molecule has 5 aliphatic rings. The SMILES string of the molecule is C=C1N=C2C=C[CH+]C=C2C1(C)C.C=CCCCCBr.C=CCCCCN1c2ccccc2C(C)(C)C12C=Cc1ccccc1O2.C=CCCCC[N+]1=C(C)C(C)(C)c2ccccc21. The summed E-state index contributed by atoms with van der Waals surface area (Å²) in [5.74, 6) is 0.965. The average molecular weight is 909 g/mol. The number of alkyl halides is 1. The summed E-state index contributed by atoms with van der Waals surface area (Å²) in [6, 6.07) is 25.9. The van der Waals surface area contributed by atoms with Crippen LogP contribution in [-0.2, 0) is 10.8 Å². The van der Waals surface area contributed by atoms with Crippen molar-refractivity contribution in [3.05, 3.63) is 176 Å². The van der Waals surface area contributed by atoms with E-state index in [1.807, 2.05) is 30.4 Å². The fourth-order valence-electron chi connectivity index (χ4n) is 9.11. The van der Waals surface area contributed by atoms with Crippen LogP contribution in [0.5, 0.6) is 5.75 Å². The van der Waals surface area contributed by atoms with Gasteiger partial charge in [0.05, 0.1) is 45.7 Å². The molecule has 0 bridgehead atoms. The Bertz CT molecular complexity index is 2250. The highest BCUT2D eigenvalue weighted by molar-refractivity contribution is 9.09. The summed E-state index contributed by atoms with van der Waals surface area (Å²) in [5, 5.41) is 1.13. The minimum atomic E-state index is -0.487. The number of allylic oxidation sites excluding steroid dienone is 7. The number of fused-ring (bicyclic) bond motifs is 4. The van der Waals surface area contributed by atoms with Crippen molar-refractivity contribution < 1.29 is 9.31 Å². The summed E-state index contributed by atoms with van der Waals surface area (Å²) in [7, 11) is 0. The van der Waals surface area contributed by atoms with Gasteiger partial charge in [0.15, 0.2) is 11.4 Å². The van der Waals surface area contributed by atoms with Crippen molar-refractivity contribution in [2.24, 2.45) is 10.4 Å². The molecule has 3 aromatic rings. The Morgan fingerprint density at radius 2 is 1.37 bits per heavy atom. The molecule has 1 atom stereocenters. The van der Waals surface area contributed by atoms with E-state index >= 15 is 0 Å². The summed E-state index contributed by atoms with van der Waals surface area (Å²) in [6.07, 6.45) is 29.3. The van der Waals surface area contributed by atoms with Crippen LogP contribution in [0.1, 0.15) is 123 Å². The standard InChI is InChI=1S/C24H27NO.C17H24N.C11H12N.C6H11Br/c1-4-5-6-11-18-25-21-14-9-8-13-20(21)23(2,3)24(25)17-16-19-12-7-10-15-22(19)26-24;1-5-6-7-10-13-18-14(2)17(3,4)15-11-8-9-12-16(15)18;1-8-11(2,3)9-6-4-5-7-10(9)12-8;1-2-3-4-5-6-7/h4,7-10,12-17H,1,5-6,11,18H2,2-3H3;5,8-9,11-12H,1,6-7,10,13H2,2-4H3;4-7H,1H2,2-3H3;2H,1,3-6H2/q;2*+1;. The maximum atomic E-state index is 6.77. The minimum Gasteiger partial charge on any atom is -0.463 e. The molecule has 5 heteroatoms. The fourth-order valence-corrected chi connectivity index (χ4v) is 9.51. The van der Waals surface area contributed by atoms with Crippen LogP contribution in [0.25, 0.3) is 6.08 Å². The van der Waals surface area contributed by atoms with Crippen molar-refractivity contribution in [1.29, 1.82) is 0 Å². The highest BCUT2D eigenvalue weighted by Gasteiger charge is 2.58. The lowest BCUT2D eigenvalue weighted by molar-refractivity contribution is -0.439. The van der Waals surface area contributed by atoms with Crippen molar-refractivity contribution in [2.75, 3.05) is 23.3 Å². The van der Waals surface area contributed by atoms with E-state index in [0.29, 0.717) is 0 Å². The van der Waals surface area contributed by atoms with Crippen molar-refractivity contribution >= 4 is 44.8 Å². The van der Waals surface area contributed by atoms with Gasteiger partial charge in [-0.1, -0.05) is 95.3 Å². The molecule has 3 aromatic carbocycles. The lowest BCUT2D eigenvalue weighted by Gasteiger charge is -2.47. The van der Waals surface area contributed by atoms with E-state index in [1.54, 1.807) is 0 Å². The van der Waals surface area contributed by atoms with Gasteiger partial charge in [-0.15, -0.1) is 19.7 Å². The van der Waals surface area contributed by atoms with Crippen LogP contribution in [0.4, 0.5) is 11.4 Å². The molecular formula is C58H74BrN3O+2. The van der Waals surface area contributed by atoms with Crippen molar-refractivity contribution in [3.63, 3.8) is 0 Å². The maximum Gasteiger partial charge on any atom is 0.212 e. The first-order valence-corrected chi connectivity index (χ1v) is 24.3. The number of unbranched alkanes of at least 4 members (excludes halogenated alkanes) is 6. The number of rotatable bonds is 14. The maximum absolute atomic E-state index is 6.77. The molecule has 0 amide bonds. The zero-order chi connectivity index (χ0) is 45.7. The highest BCUT2D eigenvalue weighted by Crippen LogP contribution is 2.55. The van der Waals surface area contributed by atoms with E-state index in [-0.39, 0.29) is 16.2 Å². The molecule has 0 fully saturated rings. The fraction of sp³-hybridized carbons (Fsp3) is 0.397. The average Bonchev–Trinajstić information content (AvgIpc) is 3.72. The van der Waals surface area contributed by atoms with Gasteiger partial charge in [-0.25, -0.2) is 4.99 Å². The Labute approximate surface area is 390 Å². The quantitative estimate of drug-likeness (QED) is 0.0530. The first kappa shape index (κ1) is 49.2. The Hall–Kier alpha value is -4.87. The van der Waals surface area contributed by atoms with E-state index in [1.165, 1.54) is 59.5 Å². The second-order valence-corrected chi connectivity index (χ2v) is 19.4. The molecule has 8 rings (SSSR count). The summed E-state index contributed by atoms with van der Waals surface area (Å²) in [6.45, 7) is 33.1. The Morgan fingerprint density at radius 1 is 0.746 bits per heavy atom. The summed E-state index contributed by atoms with van der Waals surface area (Å²) >= 11 is 3.35. The van der Waals surface area contributed by atoms with Crippen LogP contribution < -0.4 is 9.64 Å². The summed E-state index contributed by atoms with van der Waals surface area (Å²) in [5.41, 5.74) is 11.0. The molecule has 1 aliphatic carbocycles. The molecule has 0 aromatic heterocycles. The Morgan fingerprint density at radius 3 is 2.05 bits per heavy atom. The molecule has 0 radical (unpaired) electrons. The third-order valence-electron chi connectivity index (χ3n) is 13.4. The number of benzene rings is 3. The predicted molar refractivity (Wildman–Crippen MR) is 278 cm³/mol. The molecule has 1 unspecified atom stereocenters. The number of para-hydroxylation sites is 3. The Kier molecular flexibility index (Phi) is 17.3. The molecule has 1 spiro atoms. The third-order valence-corrected chi connectivity index (χ3v) is 14.0. The van der Waals surface area contributed by atoms with Crippen LogP contribution in [0.2, 0.25) is 0 Å². The molecule has 4 nitrogen and oxygen atoms in total. The van der Waals surface area contributed by atoms with E-state index in [9.17, 15) is 0 Å². The Balaban J connectivity index is 0.000000175. The van der Waals surface area contributed by atoms with Gasteiger partial charge >= 0.3 is 0 Å². The van der Waals surface area contributed by atoms with E-state index in [2.05, 4.69) is 203 Å². The third kappa shape index (κ3) is 10.7. The normalized spacial score (nSPS) is 19.5. The smallest absolute Gasteiger partial charge is 0.212 e. The monoisotopic (exact) mass is 908 g/mol. The number of ether oxygens (including phenoxy) is 1. The highest BCUT2D eigenvalue weighted by atomic mass is 79.9. The number of aliphatic imine (C=N–C) groups is 1.